The Balaban J connectivity index is 2.00. The number of nitrogens with one attached hydrogen (secondary N) is 1. The van der Waals surface area contributed by atoms with Crippen LogP contribution < -0.4 is 11.1 Å². The zero-order valence-electron chi connectivity index (χ0n) is 9.04. The van der Waals surface area contributed by atoms with Gasteiger partial charge in [-0.3, -0.25) is 0 Å². The topological polar surface area (TPSA) is 58.3 Å². The van der Waals surface area contributed by atoms with Crippen LogP contribution in [0.1, 0.15) is 38.5 Å². The third kappa shape index (κ3) is 3.95. The van der Waals surface area contributed by atoms with Crippen molar-refractivity contribution in [3.05, 3.63) is 0 Å². The van der Waals surface area contributed by atoms with E-state index >= 15 is 0 Å². The van der Waals surface area contributed by atoms with E-state index in [4.69, 9.17) is 10.8 Å². The minimum Gasteiger partial charge on any atom is -0.396 e. The molecule has 0 aliphatic heterocycles. The van der Waals surface area contributed by atoms with Crippen LogP contribution in [-0.4, -0.2) is 30.8 Å². The van der Waals surface area contributed by atoms with Gasteiger partial charge in [0.25, 0.3) is 0 Å². The van der Waals surface area contributed by atoms with E-state index in [1.807, 2.05) is 0 Å². The summed E-state index contributed by atoms with van der Waals surface area (Å²) in [5, 5.41) is 12.2. The second kappa shape index (κ2) is 7.21. The highest BCUT2D eigenvalue weighted by Gasteiger charge is 2.24. The molecular formula is C11H24N2O. The first-order chi connectivity index (χ1) is 6.88. The van der Waals surface area contributed by atoms with Crippen LogP contribution in [0.5, 0.6) is 0 Å². The maximum Gasteiger partial charge on any atom is 0.0431 e. The monoisotopic (exact) mass is 200 g/mol. The summed E-state index contributed by atoms with van der Waals surface area (Å²) in [4.78, 5) is 0. The molecule has 0 saturated heterocycles. The molecule has 0 bridgehead atoms. The van der Waals surface area contributed by atoms with Crippen LogP contribution in [0.25, 0.3) is 0 Å². The second-order valence-corrected chi connectivity index (χ2v) is 4.27. The van der Waals surface area contributed by atoms with Crippen LogP contribution in [0.4, 0.5) is 0 Å². The molecule has 4 N–H and O–H groups in total. The summed E-state index contributed by atoms with van der Waals surface area (Å²) in [6.45, 7) is 2.24. The normalized spacial score (nSPS) is 27.0. The molecule has 0 aromatic carbocycles. The zero-order valence-corrected chi connectivity index (χ0v) is 9.04. The van der Waals surface area contributed by atoms with E-state index in [0.29, 0.717) is 18.6 Å². The van der Waals surface area contributed by atoms with Gasteiger partial charge in [-0.25, -0.2) is 0 Å². The van der Waals surface area contributed by atoms with Gasteiger partial charge in [0, 0.05) is 12.6 Å². The lowest BCUT2D eigenvalue weighted by molar-refractivity contribution is 0.282. The standard InChI is InChI=1S/C11H24N2O/c12-9-10-5-4-6-11(10)13-7-2-1-3-8-14/h10-11,13-14H,1-9,12H2. The molecule has 1 aliphatic carbocycles. The number of aliphatic hydroxyl groups is 1. The predicted octanol–water partition coefficient (Wildman–Crippen LogP) is 0.866. The number of unbranched alkanes of at least 4 members (excludes halogenated alkanes) is 2. The number of hydrogen-bond acceptors (Lipinski definition) is 3. The molecule has 0 amide bonds. The van der Waals surface area contributed by atoms with E-state index in [9.17, 15) is 0 Å². The van der Waals surface area contributed by atoms with Gasteiger partial charge in [-0.15, -0.1) is 0 Å². The predicted molar refractivity (Wildman–Crippen MR) is 59.1 cm³/mol. The summed E-state index contributed by atoms with van der Waals surface area (Å²) in [5.74, 6) is 0.702. The van der Waals surface area contributed by atoms with Crippen LogP contribution >= 0.6 is 0 Å². The van der Waals surface area contributed by atoms with Crippen molar-refractivity contribution in [3.8, 4) is 0 Å². The van der Waals surface area contributed by atoms with E-state index in [0.717, 1.165) is 25.9 Å². The maximum atomic E-state index is 8.62. The summed E-state index contributed by atoms with van der Waals surface area (Å²) in [7, 11) is 0. The quantitative estimate of drug-likeness (QED) is 0.534. The molecule has 1 saturated carbocycles. The Hall–Kier alpha value is -0.120. The Morgan fingerprint density at radius 3 is 2.79 bits per heavy atom. The molecule has 2 unspecified atom stereocenters. The van der Waals surface area contributed by atoms with Crippen molar-refractivity contribution < 1.29 is 5.11 Å². The summed E-state index contributed by atoms with van der Waals surface area (Å²) in [5.41, 5.74) is 5.70. The lowest BCUT2D eigenvalue weighted by atomic mass is 10.0. The van der Waals surface area contributed by atoms with Crippen LogP contribution in [0.3, 0.4) is 0 Å². The Labute approximate surface area is 87.1 Å². The third-order valence-electron chi connectivity index (χ3n) is 3.20. The largest absolute Gasteiger partial charge is 0.396 e. The smallest absolute Gasteiger partial charge is 0.0431 e. The van der Waals surface area contributed by atoms with Crippen molar-refractivity contribution in [1.29, 1.82) is 0 Å². The van der Waals surface area contributed by atoms with Gasteiger partial charge < -0.3 is 16.2 Å². The fourth-order valence-electron chi connectivity index (χ4n) is 2.29. The number of hydrogen-bond donors (Lipinski definition) is 3. The van der Waals surface area contributed by atoms with Crippen molar-refractivity contribution in [2.24, 2.45) is 11.7 Å². The Kier molecular flexibility index (Phi) is 6.15. The Morgan fingerprint density at radius 1 is 1.21 bits per heavy atom. The molecule has 0 heterocycles. The highest BCUT2D eigenvalue weighted by atomic mass is 16.2. The van der Waals surface area contributed by atoms with Gasteiger partial charge in [-0.05, 0) is 51.1 Å². The summed E-state index contributed by atoms with van der Waals surface area (Å²) in [6, 6.07) is 0.661. The minimum absolute atomic E-state index is 0.328. The Morgan fingerprint density at radius 2 is 2.07 bits per heavy atom. The van der Waals surface area contributed by atoms with Crippen molar-refractivity contribution in [2.75, 3.05) is 19.7 Å². The summed E-state index contributed by atoms with van der Waals surface area (Å²) < 4.78 is 0. The first-order valence-electron chi connectivity index (χ1n) is 5.92. The van der Waals surface area contributed by atoms with Crippen LogP contribution in [-0.2, 0) is 0 Å². The van der Waals surface area contributed by atoms with Crippen LogP contribution in [0, 0.1) is 5.92 Å². The first kappa shape index (κ1) is 12.0. The molecule has 3 heteroatoms. The van der Waals surface area contributed by atoms with E-state index in [1.54, 1.807) is 0 Å². The average Bonchev–Trinajstić information content (AvgIpc) is 2.65. The van der Waals surface area contributed by atoms with Crippen LogP contribution in [0.15, 0.2) is 0 Å². The fraction of sp³-hybridized carbons (Fsp3) is 1.00. The van der Waals surface area contributed by atoms with E-state index in [1.165, 1.54) is 25.7 Å². The van der Waals surface area contributed by atoms with Gasteiger partial charge >= 0.3 is 0 Å². The van der Waals surface area contributed by atoms with Gasteiger partial charge in [-0.2, -0.15) is 0 Å². The van der Waals surface area contributed by atoms with E-state index in [2.05, 4.69) is 5.32 Å². The lowest BCUT2D eigenvalue weighted by Crippen LogP contribution is -2.36. The maximum absolute atomic E-state index is 8.62. The van der Waals surface area contributed by atoms with Crippen molar-refractivity contribution in [1.82, 2.24) is 5.32 Å². The number of nitrogens with two attached hydrogens (primary N) is 1. The van der Waals surface area contributed by atoms with Crippen molar-refractivity contribution in [2.45, 2.75) is 44.6 Å². The molecule has 0 spiro atoms. The summed E-state index contributed by atoms with van der Waals surface area (Å²) >= 11 is 0. The van der Waals surface area contributed by atoms with E-state index < -0.39 is 0 Å². The SMILES string of the molecule is NCC1CCCC1NCCCCCO. The molecular weight excluding hydrogens is 176 g/mol. The molecule has 0 aromatic heterocycles. The molecule has 14 heavy (non-hydrogen) atoms. The fourth-order valence-corrected chi connectivity index (χ4v) is 2.29. The molecule has 2 atom stereocenters. The van der Waals surface area contributed by atoms with Crippen LogP contribution in [0.2, 0.25) is 0 Å². The molecule has 0 aromatic rings. The van der Waals surface area contributed by atoms with Crippen molar-refractivity contribution in [3.63, 3.8) is 0 Å². The highest BCUT2D eigenvalue weighted by molar-refractivity contribution is 4.83. The Bertz CT molecular complexity index is 141. The molecule has 0 radical (unpaired) electrons. The molecule has 3 nitrogen and oxygen atoms in total. The second-order valence-electron chi connectivity index (χ2n) is 4.27. The highest BCUT2D eigenvalue weighted by Crippen LogP contribution is 2.24. The van der Waals surface area contributed by atoms with Gasteiger partial charge in [0.2, 0.25) is 0 Å². The first-order valence-corrected chi connectivity index (χ1v) is 5.92. The molecule has 1 fully saturated rings. The number of rotatable bonds is 7. The van der Waals surface area contributed by atoms with Gasteiger partial charge in [0.05, 0.1) is 0 Å². The zero-order chi connectivity index (χ0) is 10.2. The minimum atomic E-state index is 0.328. The summed E-state index contributed by atoms with van der Waals surface area (Å²) in [6.07, 6.45) is 7.16. The van der Waals surface area contributed by atoms with Crippen molar-refractivity contribution >= 4 is 0 Å². The average molecular weight is 200 g/mol. The van der Waals surface area contributed by atoms with E-state index in [-0.39, 0.29) is 0 Å². The molecule has 1 aliphatic rings. The molecule has 1 rings (SSSR count). The lowest BCUT2D eigenvalue weighted by Gasteiger charge is -2.19. The van der Waals surface area contributed by atoms with Gasteiger partial charge in [0.15, 0.2) is 0 Å². The van der Waals surface area contributed by atoms with Gasteiger partial charge in [-0.1, -0.05) is 6.42 Å². The third-order valence-corrected chi connectivity index (χ3v) is 3.20. The van der Waals surface area contributed by atoms with Gasteiger partial charge in [0.1, 0.15) is 0 Å². The molecule has 84 valence electrons. The number of aliphatic hydroxyl groups excluding tert-OH is 1.